The molecule has 0 aliphatic heterocycles. The Morgan fingerprint density at radius 1 is 0.620 bits per heavy atom. The molecule has 4 bridgehead atoms. The van der Waals surface area contributed by atoms with Crippen molar-refractivity contribution >= 4 is 101 Å². The summed E-state index contributed by atoms with van der Waals surface area (Å²) in [6.45, 7) is 7.89. The number of fused-ring (bicyclic) bond motifs is 6. The number of nitrogens with zero attached hydrogens (tertiary/aromatic N) is 5. The first-order valence-corrected chi connectivity index (χ1v) is 29.4. The Labute approximate surface area is 479 Å². The summed E-state index contributed by atoms with van der Waals surface area (Å²) in [6, 6.07) is 18.6. The Bertz CT molecular complexity index is 3650. The van der Waals surface area contributed by atoms with E-state index in [2.05, 4.69) is 25.1 Å². The number of benzene rings is 4. The van der Waals surface area contributed by atoms with Gasteiger partial charge in [-0.2, -0.15) is 9.59 Å². The number of hydrogen-bond acceptors (Lipinski definition) is 14. The van der Waals surface area contributed by atoms with Gasteiger partial charge in [0.25, 0.3) is 0 Å². The first-order valence-electron chi connectivity index (χ1n) is 26.3. The average molecular weight is 1190 g/mol. The van der Waals surface area contributed by atoms with Crippen molar-refractivity contribution in [1.29, 1.82) is 0 Å². The molecule has 13 nitrogen and oxygen atoms in total. The monoisotopic (exact) mass is 1190 g/mol. The van der Waals surface area contributed by atoms with Crippen molar-refractivity contribution in [2.75, 3.05) is 0 Å². The van der Waals surface area contributed by atoms with Crippen molar-refractivity contribution < 1.29 is 47.1 Å². The van der Waals surface area contributed by atoms with Crippen LogP contribution in [0.3, 0.4) is 0 Å². The third-order valence-electron chi connectivity index (χ3n) is 16.9. The van der Waals surface area contributed by atoms with Crippen LogP contribution in [0.4, 0.5) is 14.5 Å². The summed E-state index contributed by atoms with van der Waals surface area (Å²) in [4.78, 5) is 28.7. The van der Waals surface area contributed by atoms with E-state index < -0.39 is 17.0 Å². The molecule has 4 unspecified atom stereocenters. The van der Waals surface area contributed by atoms with E-state index in [1.807, 2.05) is 12.1 Å². The van der Waals surface area contributed by atoms with Gasteiger partial charge in [-0.25, -0.2) is 23.6 Å². The van der Waals surface area contributed by atoms with Crippen LogP contribution in [-0.2, 0) is 43.5 Å². The van der Waals surface area contributed by atoms with Crippen LogP contribution in [-0.4, -0.2) is 48.9 Å². The maximum atomic E-state index is 14.6. The molecular weight excluding hydrogens is 1140 g/mol. The number of ether oxygens (including phenoxy) is 2. The van der Waals surface area contributed by atoms with Crippen LogP contribution in [0.5, 0.6) is 0 Å². The Morgan fingerprint density at radius 3 is 1.43 bits per heavy atom. The molecule has 79 heavy (non-hydrogen) atoms. The Balaban J connectivity index is 0.000000151. The van der Waals surface area contributed by atoms with Crippen molar-refractivity contribution in [2.45, 2.75) is 126 Å². The zero-order chi connectivity index (χ0) is 54.9. The van der Waals surface area contributed by atoms with Gasteiger partial charge in [-0.05, 0) is 149 Å². The minimum absolute atomic E-state index is 0.0135. The molecular formula is C58H49Cl4F2N5O8S2. The van der Waals surface area contributed by atoms with Crippen LogP contribution in [0.15, 0.2) is 75.8 Å². The SMILES string of the molecule is O=C=O.OC1(c2nc3c(F)cccc3s2)[C@@H]2CC[C@H]1CC(OCc1c(-c3c(Cl)cccc3Cl)noc1C1CC1)C2.[C-]#[N+]c1cc(F)c2nc(C3(O)[C@@H]4CC[C@H]3CC(OCc3c(-c5c(Cl)cccc5Cl)noc3C3CC3)C4)sc2c1. The third-order valence-corrected chi connectivity index (χ3v) is 20.4. The van der Waals surface area contributed by atoms with Gasteiger partial charge in [0, 0.05) is 38.8 Å². The van der Waals surface area contributed by atoms with E-state index in [0.717, 1.165) is 91.6 Å². The zero-order valence-corrected chi connectivity index (χ0v) is 46.7. The molecule has 4 heterocycles. The first kappa shape index (κ1) is 54.4. The van der Waals surface area contributed by atoms with Gasteiger partial charge in [0.15, 0.2) is 5.69 Å². The van der Waals surface area contributed by atoms with Gasteiger partial charge >= 0.3 is 6.15 Å². The molecule has 6 aliphatic rings. The summed E-state index contributed by atoms with van der Waals surface area (Å²) in [5.74, 6) is 1.46. The molecule has 14 rings (SSSR count). The lowest BCUT2D eigenvalue weighted by molar-refractivity contribution is -0.191. The highest BCUT2D eigenvalue weighted by atomic mass is 35.5. The largest absolute Gasteiger partial charge is 0.382 e. The molecule has 0 radical (unpaired) electrons. The van der Waals surface area contributed by atoms with Crippen molar-refractivity contribution in [3.8, 4) is 22.5 Å². The van der Waals surface area contributed by atoms with E-state index in [0.29, 0.717) is 101 Å². The van der Waals surface area contributed by atoms with E-state index in [1.165, 1.54) is 34.8 Å². The lowest BCUT2D eigenvalue weighted by Crippen LogP contribution is -2.44. The van der Waals surface area contributed by atoms with Crippen LogP contribution in [0.25, 0.3) is 47.8 Å². The van der Waals surface area contributed by atoms with Crippen LogP contribution in [0, 0.1) is 41.9 Å². The number of halogens is 6. The zero-order valence-electron chi connectivity index (χ0n) is 42.0. The number of thiazole rings is 2. The predicted octanol–water partition coefficient (Wildman–Crippen LogP) is 15.7. The fourth-order valence-electron chi connectivity index (χ4n) is 12.8. The Hall–Kier alpha value is -5.19. The summed E-state index contributed by atoms with van der Waals surface area (Å²) in [7, 11) is 0. The van der Waals surface area contributed by atoms with Crippen LogP contribution >= 0.6 is 69.1 Å². The van der Waals surface area contributed by atoms with E-state index >= 15 is 0 Å². The molecule has 8 atom stereocenters. The van der Waals surface area contributed by atoms with Gasteiger partial charge in [-0.1, -0.05) is 74.9 Å². The standard InChI is InChI=1S/C29H24Cl2FN3O3S.C28H25Cl2FN2O3S.CO2/c1-33-17-11-22(32)26-23(12-17)39-28(34-26)29(36)15-7-8-16(29)10-18(9-15)37-13-19-25(35-38-27(19)14-5-6-14)24-20(30)3-2-4-21(24)31;29-19-3-1-4-20(30)23(19)24-18(26(36-33-24)14-7-8-14)13-35-17-11-15-9-10-16(12-17)28(15,34)27-32-25-21(31)5-2-6-22(25)37-27;2-1-3/h2-4,11-12,14-16,18,36H,5-10,13H2;1-6,14-17,34H,7-13H2;/t15-,16+,18?,29?;15-,16+,17?,28?;. The molecule has 6 aliphatic carbocycles. The lowest BCUT2D eigenvalue weighted by atomic mass is 9.73. The first-order chi connectivity index (χ1) is 38.2. The fraction of sp³-hybridized carbons (Fsp3) is 0.414. The topological polar surface area (TPSA) is 175 Å². The maximum absolute atomic E-state index is 14.6. The molecule has 0 spiro atoms. The molecule has 6 fully saturated rings. The van der Waals surface area contributed by atoms with E-state index in [1.54, 1.807) is 42.5 Å². The second kappa shape index (κ2) is 21.9. The van der Waals surface area contributed by atoms with Crippen molar-refractivity contribution in [2.24, 2.45) is 23.7 Å². The summed E-state index contributed by atoms with van der Waals surface area (Å²) < 4.78 is 54.9. The molecule has 2 N–H and O–H groups in total. The third kappa shape index (κ3) is 10.0. The minimum Gasteiger partial charge on any atom is -0.382 e. The highest BCUT2D eigenvalue weighted by molar-refractivity contribution is 7.19. The quantitative estimate of drug-likeness (QED) is 0.111. The molecule has 0 amide bonds. The second-order valence-electron chi connectivity index (χ2n) is 21.5. The Morgan fingerprint density at radius 2 is 1.03 bits per heavy atom. The number of rotatable bonds is 12. The predicted molar refractivity (Wildman–Crippen MR) is 294 cm³/mol. The maximum Gasteiger partial charge on any atom is 0.373 e. The number of aliphatic hydroxyl groups is 2. The van der Waals surface area contributed by atoms with Crippen LogP contribution in [0.1, 0.15) is 122 Å². The van der Waals surface area contributed by atoms with Crippen molar-refractivity contribution in [3.63, 3.8) is 0 Å². The molecule has 8 aromatic rings. The molecule has 6 saturated carbocycles. The van der Waals surface area contributed by atoms with Gasteiger partial charge in [-0.15, -0.1) is 22.7 Å². The molecule has 0 saturated heterocycles. The van der Waals surface area contributed by atoms with Gasteiger partial charge in [-0.3, -0.25) is 0 Å². The van der Waals surface area contributed by atoms with Crippen LogP contribution < -0.4 is 0 Å². The highest BCUT2D eigenvalue weighted by Gasteiger charge is 2.58. The summed E-state index contributed by atoms with van der Waals surface area (Å²) in [5, 5.41) is 35.8. The average Bonchev–Trinajstić information content (AvgIpc) is 4.36. The van der Waals surface area contributed by atoms with E-state index in [-0.39, 0.29) is 59.1 Å². The lowest BCUT2D eigenvalue weighted by Gasteiger charge is -2.41. The summed E-state index contributed by atoms with van der Waals surface area (Å²) in [6.07, 6.45) is 10.7. The van der Waals surface area contributed by atoms with E-state index in [9.17, 15) is 19.0 Å². The smallest absolute Gasteiger partial charge is 0.373 e. The molecule has 4 aromatic heterocycles. The number of aromatic nitrogens is 4. The molecule has 408 valence electrons. The van der Waals surface area contributed by atoms with Gasteiger partial charge in [0.2, 0.25) is 0 Å². The minimum atomic E-state index is -1.12. The molecule has 4 aromatic carbocycles. The van der Waals surface area contributed by atoms with Gasteiger partial charge < -0.3 is 28.7 Å². The van der Waals surface area contributed by atoms with Gasteiger partial charge in [0.1, 0.15) is 66.8 Å². The number of hydrogen-bond donors (Lipinski definition) is 2. The summed E-state index contributed by atoms with van der Waals surface area (Å²) in [5.41, 5.74) is 3.02. The van der Waals surface area contributed by atoms with Crippen LogP contribution in [0.2, 0.25) is 20.1 Å². The van der Waals surface area contributed by atoms with Gasteiger partial charge in [0.05, 0.1) is 56.8 Å². The van der Waals surface area contributed by atoms with Crippen molar-refractivity contribution in [3.05, 3.63) is 143 Å². The fourth-order valence-corrected chi connectivity index (χ4v) is 16.4. The second-order valence-corrected chi connectivity index (χ2v) is 25.2. The van der Waals surface area contributed by atoms with E-state index in [4.69, 9.17) is 81.1 Å². The highest BCUT2D eigenvalue weighted by Crippen LogP contribution is 2.59. The normalized spacial score (nSPS) is 25.9. The number of para-hydroxylation sites is 1. The number of carbonyl (C=O) groups excluding carboxylic acids is 2. The van der Waals surface area contributed by atoms with Crippen molar-refractivity contribution in [1.82, 2.24) is 20.3 Å². The molecule has 21 heteroatoms. The summed E-state index contributed by atoms with van der Waals surface area (Å²) >= 11 is 28.7. The Kier molecular flexibility index (Phi) is 15.1.